The summed E-state index contributed by atoms with van der Waals surface area (Å²) < 4.78 is 25.4. The van der Waals surface area contributed by atoms with Crippen LogP contribution < -0.4 is 15.1 Å². The van der Waals surface area contributed by atoms with Crippen molar-refractivity contribution in [2.24, 2.45) is 0 Å². The number of rotatable bonds is 5. The van der Waals surface area contributed by atoms with E-state index in [0.717, 1.165) is 10.4 Å². The molecule has 188 valence electrons. The molecule has 2 heterocycles. The van der Waals surface area contributed by atoms with Gasteiger partial charge in [0.25, 0.3) is 8.32 Å². The maximum absolute atomic E-state index is 11.4. The second-order valence-electron chi connectivity index (χ2n) is 11.1. The van der Waals surface area contributed by atoms with Gasteiger partial charge >= 0.3 is 0 Å². The minimum absolute atomic E-state index is 0.0294. The van der Waals surface area contributed by atoms with E-state index in [1.165, 1.54) is 6.07 Å². The SMILES string of the molecule is COc1cc(O)c2c(c1)[C@@H](O[Si](c1ccccc1)(c1ccccc1)C(C)(C)C)[C@@]13COC[C@@]1(O3)[C@@H]2O. The quantitative estimate of drug-likeness (QED) is 0.408. The van der Waals surface area contributed by atoms with E-state index in [0.29, 0.717) is 23.5 Å². The molecule has 1 aliphatic carbocycles. The molecule has 3 aromatic rings. The first-order valence-electron chi connectivity index (χ1n) is 12.4. The predicted molar refractivity (Wildman–Crippen MR) is 138 cm³/mol. The van der Waals surface area contributed by atoms with Crippen LogP contribution in [0.2, 0.25) is 5.04 Å². The van der Waals surface area contributed by atoms with Crippen molar-refractivity contribution in [2.45, 2.75) is 49.2 Å². The van der Waals surface area contributed by atoms with E-state index in [4.69, 9.17) is 18.6 Å². The minimum atomic E-state index is -3.00. The Bertz CT molecular complexity index is 1250. The summed E-state index contributed by atoms with van der Waals surface area (Å²) in [6.45, 7) is 7.24. The first-order valence-corrected chi connectivity index (χ1v) is 14.3. The number of methoxy groups -OCH3 is 1. The zero-order valence-electron chi connectivity index (χ0n) is 21.0. The number of hydrogen-bond donors (Lipinski definition) is 2. The van der Waals surface area contributed by atoms with Crippen LogP contribution in [0.25, 0.3) is 0 Å². The summed E-state index contributed by atoms with van der Waals surface area (Å²) in [5, 5.41) is 24.5. The minimum Gasteiger partial charge on any atom is -0.507 e. The van der Waals surface area contributed by atoms with Crippen molar-refractivity contribution in [1.82, 2.24) is 0 Å². The van der Waals surface area contributed by atoms with Gasteiger partial charge in [0.2, 0.25) is 0 Å². The number of aliphatic hydroxyl groups is 1. The van der Waals surface area contributed by atoms with Crippen molar-refractivity contribution in [2.75, 3.05) is 20.3 Å². The number of phenolic OH excluding ortho intramolecular Hbond substituents is 1. The van der Waals surface area contributed by atoms with Gasteiger partial charge in [-0.05, 0) is 27.0 Å². The van der Waals surface area contributed by atoms with Crippen molar-refractivity contribution in [3.63, 3.8) is 0 Å². The molecule has 6 nitrogen and oxygen atoms in total. The number of epoxide rings is 1. The summed E-state index contributed by atoms with van der Waals surface area (Å²) in [5.41, 5.74) is -0.670. The van der Waals surface area contributed by atoms with Crippen LogP contribution in [-0.2, 0) is 13.9 Å². The summed E-state index contributed by atoms with van der Waals surface area (Å²) >= 11 is 0. The molecule has 2 N–H and O–H groups in total. The molecule has 0 bridgehead atoms. The number of benzene rings is 3. The van der Waals surface area contributed by atoms with E-state index in [2.05, 4.69) is 69.3 Å². The van der Waals surface area contributed by atoms with Gasteiger partial charge < -0.3 is 28.8 Å². The molecule has 2 aliphatic heterocycles. The molecule has 0 saturated carbocycles. The van der Waals surface area contributed by atoms with Crippen LogP contribution >= 0.6 is 0 Å². The van der Waals surface area contributed by atoms with E-state index in [1.54, 1.807) is 7.11 Å². The highest BCUT2D eigenvalue weighted by Gasteiger charge is 2.84. The number of fused-ring (bicyclic) bond motifs is 1. The van der Waals surface area contributed by atoms with E-state index in [9.17, 15) is 10.2 Å². The van der Waals surface area contributed by atoms with Crippen molar-refractivity contribution < 1.29 is 28.8 Å². The molecule has 0 spiro atoms. The van der Waals surface area contributed by atoms with Gasteiger partial charge in [-0.15, -0.1) is 0 Å². The molecule has 0 aromatic heterocycles. The van der Waals surface area contributed by atoms with Crippen molar-refractivity contribution in [1.29, 1.82) is 0 Å². The number of aliphatic hydroxyl groups excluding tert-OH is 1. The third kappa shape index (κ3) is 2.98. The van der Waals surface area contributed by atoms with E-state index >= 15 is 0 Å². The molecule has 36 heavy (non-hydrogen) atoms. The molecular weight excluding hydrogens is 472 g/mol. The van der Waals surface area contributed by atoms with Crippen LogP contribution in [0.15, 0.2) is 72.8 Å². The monoisotopic (exact) mass is 504 g/mol. The molecule has 0 amide bonds. The lowest BCUT2D eigenvalue weighted by molar-refractivity contribution is -0.00997. The molecule has 0 unspecified atom stereocenters. The second-order valence-corrected chi connectivity index (χ2v) is 15.3. The summed E-state index contributed by atoms with van der Waals surface area (Å²) in [6, 6.07) is 24.2. The Morgan fingerprint density at radius 1 is 0.917 bits per heavy atom. The van der Waals surface area contributed by atoms with Gasteiger partial charge in [-0.1, -0.05) is 81.4 Å². The smallest absolute Gasteiger partial charge is 0.262 e. The standard InChI is InChI=1S/C29H32O6Si/c1-27(2,3)36(20-11-7-5-8-12-20,21-13-9-6-10-14-21)34-26-22-15-19(32-4)16-23(30)24(22)25(31)28-17-33-18-29(26,28)35-28/h5-16,25-26,30-31H,17-18H2,1-4H3/t25-,26-,28-,29+/m1/s1. The Balaban J connectivity index is 1.62. The topological polar surface area (TPSA) is 80.7 Å². The second kappa shape index (κ2) is 7.91. The van der Waals surface area contributed by atoms with Crippen LogP contribution in [0.5, 0.6) is 11.5 Å². The fourth-order valence-electron chi connectivity index (χ4n) is 6.45. The molecule has 2 fully saturated rings. The molecule has 7 heteroatoms. The largest absolute Gasteiger partial charge is 0.507 e. The summed E-state index contributed by atoms with van der Waals surface area (Å²) in [5.74, 6) is 0.469. The van der Waals surface area contributed by atoms with Gasteiger partial charge in [-0.25, -0.2) is 0 Å². The molecule has 2 saturated heterocycles. The predicted octanol–water partition coefficient (Wildman–Crippen LogP) is 3.60. The lowest BCUT2D eigenvalue weighted by Gasteiger charge is -2.47. The fourth-order valence-corrected chi connectivity index (χ4v) is 11.1. The van der Waals surface area contributed by atoms with Crippen LogP contribution in [-0.4, -0.2) is 50.1 Å². The van der Waals surface area contributed by atoms with Gasteiger partial charge in [-0.2, -0.15) is 0 Å². The van der Waals surface area contributed by atoms with Gasteiger partial charge in [0.05, 0.1) is 20.3 Å². The summed E-state index contributed by atoms with van der Waals surface area (Å²) in [4.78, 5) is 0. The first-order chi connectivity index (χ1) is 17.2. The number of hydrogen-bond acceptors (Lipinski definition) is 6. The molecule has 3 aromatic carbocycles. The maximum atomic E-state index is 11.4. The molecule has 0 radical (unpaired) electrons. The molecule has 6 rings (SSSR count). The highest BCUT2D eigenvalue weighted by molar-refractivity contribution is 6.99. The highest BCUT2D eigenvalue weighted by atomic mass is 28.4. The number of phenols is 1. The van der Waals surface area contributed by atoms with Gasteiger partial charge in [-0.3, -0.25) is 0 Å². The lowest BCUT2D eigenvalue weighted by Crippen LogP contribution is -2.68. The summed E-state index contributed by atoms with van der Waals surface area (Å²) in [7, 11) is -1.43. The number of aromatic hydroxyl groups is 1. The molecular formula is C29H32O6Si. The fraction of sp³-hybridized carbons (Fsp3) is 0.379. The van der Waals surface area contributed by atoms with E-state index in [1.807, 2.05) is 18.2 Å². The molecule has 3 aliphatic rings. The van der Waals surface area contributed by atoms with Gasteiger partial charge in [0, 0.05) is 11.6 Å². The van der Waals surface area contributed by atoms with E-state index < -0.39 is 31.7 Å². The Labute approximate surface area is 212 Å². The van der Waals surface area contributed by atoms with Crippen molar-refractivity contribution in [3.05, 3.63) is 83.9 Å². The Morgan fingerprint density at radius 3 is 2.06 bits per heavy atom. The normalized spacial score (nSPS) is 28.7. The first kappa shape index (κ1) is 23.7. The zero-order chi connectivity index (χ0) is 25.3. The summed E-state index contributed by atoms with van der Waals surface area (Å²) in [6.07, 6.45) is -1.61. The lowest BCUT2D eigenvalue weighted by atomic mass is 9.73. The van der Waals surface area contributed by atoms with Crippen LogP contribution in [0, 0.1) is 0 Å². The maximum Gasteiger partial charge on any atom is 0.262 e. The highest BCUT2D eigenvalue weighted by Crippen LogP contribution is 2.70. The Kier molecular flexibility index (Phi) is 5.20. The van der Waals surface area contributed by atoms with Gasteiger partial charge in [0.15, 0.2) is 11.2 Å². The van der Waals surface area contributed by atoms with Gasteiger partial charge in [0.1, 0.15) is 23.7 Å². The molecule has 4 atom stereocenters. The third-order valence-corrected chi connectivity index (χ3v) is 13.2. The average Bonchev–Trinajstić information content (AvgIpc) is 3.40. The van der Waals surface area contributed by atoms with Crippen molar-refractivity contribution >= 4 is 18.7 Å². The Morgan fingerprint density at radius 2 is 1.50 bits per heavy atom. The van der Waals surface area contributed by atoms with Crippen molar-refractivity contribution in [3.8, 4) is 11.5 Å². The zero-order valence-corrected chi connectivity index (χ0v) is 22.0. The van der Waals surface area contributed by atoms with Crippen LogP contribution in [0.3, 0.4) is 0 Å². The number of ether oxygens (including phenoxy) is 3. The van der Waals surface area contributed by atoms with Crippen LogP contribution in [0.1, 0.15) is 44.1 Å². The third-order valence-electron chi connectivity index (χ3n) is 8.20. The van der Waals surface area contributed by atoms with Crippen LogP contribution in [0.4, 0.5) is 0 Å². The average molecular weight is 505 g/mol. The van der Waals surface area contributed by atoms with E-state index in [-0.39, 0.29) is 17.4 Å². The Hall–Kier alpha value is -2.68.